The van der Waals surface area contributed by atoms with E-state index in [2.05, 4.69) is 10.6 Å². The summed E-state index contributed by atoms with van der Waals surface area (Å²) in [5.74, 6) is -3.81. The quantitative estimate of drug-likeness (QED) is 0.183. The predicted octanol–water partition coefficient (Wildman–Crippen LogP) is -0.690. The predicted molar refractivity (Wildman–Crippen MR) is 111 cm³/mol. The molecular weight excluding hydrogens is 408 g/mol. The molecule has 0 aromatic heterocycles. The van der Waals surface area contributed by atoms with Gasteiger partial charge >= 0.3 is 11.9 Å². The minimum Gasteiger partial charge on any atom is -0.508 e. The van der Waals surface area contributed by atoms with Gasteiger partial charge in [0, 0.05) is 6.42 Å². The molecule has 172 valence electrons. The number of phenolic OH excluding ortho intramolecular Hbond substituents is 1. The highest BCUT2D eigenvalue weighted by Crippen LogP contribution is 2.11. The standard InChI is InChI=1S/C20H30N4O7/c21-10-2-1-3-15(19(29)24-16(20(30)31)8-9-17(26)27)23-18(28)14(22)11-12-4-6-13(25)7-5-12/h4-7,14-16,25H,1-3,8-11,21-22H2,(H,23,28)(H,24,29)(H,26,27)(H,30,31). The van der Waals surface area contributed by atoms with Crippen LogP contribution in [-0.4, -0.2) is 63.7 Å². The van der Waals surface area contributed by atoms with Gasteiger partial charge in [0.25, 0.3) is 0 Å². The van der Waals surface area contributed by atoms with Crippen molar-refractivity contribution in [2.45, 2.75) is 56.7 Å². The molecule has 0 saturated heterocycles. The summed E-state index contributed by atoms with van der Waals surface area (Å²) >= 11 is 0. The van der Waals surface area contributed by atoms with E-state index in [9.17, 15) is 29.4 Å². The fourth-order valence-electron chi connectivity index (χ4n) is 2.82. The van der Waals surface area contributed by atoms with Gasteiger partial charge in [-0.1, -0.05) is 12.1 Å². The Labute approximate surface area is 179 Å². The number of unbranched alkanes of at least 4 members (excludes halogenated alkanes) is 1. The zero-order valence-electron chi connectivity index (χ0n) is 17.1. The van der Waals surface area contributed by atoms with E-state index in [1.54, 1.807) is 12.1 Å². The number of phenols is 1. The van der Waals surface area contributed by atoms with E-state index in [-0.39, 0.29) is 25.0 Å². The lowest BCUT2D eigenvalue weighted by atomic mass is 10.0. The van der Waals surface area contributed by atoms with Crippen LogP contribution in [0.25, 0.3) is 0 Å². The Hall–Kier alpha value is -3.18. The molecule has 0 heterocycles. The lowest BCUT2D eigenvalue weighted by molar-refractivity contribution is -0.143. The Bertz CT molecular complexity index is 754. The second-order valence-electron chi connectivity index (χ2n) is 7.15. The van der Waals surface area contributed by atoms with E-state index in [1.807, 2.05) is 0 Å². The number of carboxylic acids is 2. The summed E-state index contributed by atoms with van der Waals surface area (Å²) in [4.78, 5) is 47.2. The molecule has 1 rings (SSSR count). The normalized spacial score (nSPS) is 13.6. The maximum atomic E-state index is 12.6. The Balaban J connectivity index is 2.79. The SMILES string of the molecule is NCCCCC(NC(=O)C(N)Cc1ccc(O)cc1)C(=O)NC(CCC(=O)O)C(=O)O. The molecule has 0 spiro atoms. The van der Waals surface area contributed by atoms with Crippen LogP contribution >= 0.6 is 0 Å². The lowest BCUT2D eigenvalue weighted by Gasteiger charge is -2.23. The second kappa shape index (κ2) is 13.2. The summed E-state index contributed by atoms with van der Waals surface area (Å²) in [7, 11) is 0. The minimum absolute atomic E-state index is 0.0781. The Morgan fingerprint density at radius 1 is 0.903 bits per heavy atom. The Morgan fingerprint density at radius 3 is 2.06 bits per heavy atom. The third-order valence-corrected chi connectivity index (χ3v) is 4.57. The van der Waals surface area contributed by atoms with Crippen molar-refractivity contribution in [1.82, 2.24) is 10.6 Å². The number of carbonyl (C=O) groups excluding carboxylic acids is 2. The molecule has 2 amide bonds. The first-order chi connectivity index (χ1) is 14.6. The van der Waals surface area contributed by atoms with Crippen LogP contribution in [0.15, 0.2) is 24.3 Å². The summed E-state index contributed by atoms with van der Waals surface area (Å²) in [5, 5.41) is 32.1. The zero-order valence-corrected chi connectivity index (χ0v) is 17.1. The number of benzene rings is 1. The molecule has 0 bridgehead atoms. The van der Waals surface area contributed by atoms with Crippen molar-refractivity contribution in [1.29, 1.82) is 0 Å². The van der Waals surface area contributed by atoms with Crippen molar-refractivity contribution in [3.63, 3.8) is 0 Å². The van der Waals surface area contributed by atoms with Crippen LogP contribution in [-0.2, 0) is 25.6 Å². The maximum absolute atomic E-state index is 12.6. The van der Waals surface area contributed by atoms with Crippen LogP contribution in [0.3, 0.4) is 0 Å². The first-order valence-electron chi connectivity index (χ1n) is 9.93. The zero-order chi connectivity index (χ0) is 23.4. The van der Waals surface area contributed by atoms with Gasteiger partial charge in [0.1, 0.15) is 17.8 Å². The molecule has 0 aliphatic heterocycles. The lowest BCUT2D eigenvalue weighted by Crippen LogP contribution is -2.54. The molecule has 0 aliphatic rings. The summed E-state index contributed by atoms with van der Waals surface area (Å²) in [6, 6.07) is 2.75. The number of amides is 2. The number of carboxylic acid groups (broad SMARTS) is 2. The molecule has 0 saturated carbocycles. The molecule has 9 N–H and O–H groups in total. The van der Waals surface area contributed by atoms with E-state index in [1.165, 1.54) is 12.1 Å². The minimum atomic E-state index is -1.40. The number of nitrogens with one attached hydrogen (secondary N) is 2. The molecule has 0 aliphatic carbocycles. The third kappa shape index (κ3) is 9.92. The van der Waals surface area contributed by atoms with Gasteiger partial charge in [-0.05, 0) is 56.3 Å². The molecular formula is C20H30N4O7. The number of nitrogens with two attached hydrogens (primary N) is 2. The van der Waals surface area contributed by atoms with Crippen LogP contribution in [0.4, 0.5) is 0 Å². The number of hydrogen-bond donors (Lipinski definition) is 7. The highest BCUT2D eigenvalue weighted by Gasteiger charge is 2.28. The van der Waals surface area contributed by atoms with Crippen molar-refractivity contribution >= 4 is 23.8 Å². The molecule has 0 radical (unpaired) electrons. The molecule has 31 heavy (non-hydrogen) atoms. The summed E-state index contributed by atoms with van der Waals surface area (Å²) in [6.45, 7) is 0.388. The van der Waals surface area contributed by atoms with Crippen molar-refractivity contribution in [3.8, 4) is 5.75 Å². The Kier molecular flexibility index (Phi) is 11.0. The molecule has 11 heteroatoms. The van der Waals surface area contributed by atoms with E-state index in [4.69, 9.17) is 16.6 Å². The van der Waals surface area contributed by atoms with Gasteiger partial charge < -0.3 is 37.4 Å². The Morgan fingerprint density at radius 2 is 1.52 bits per heavy atom. The van der Waals surface area contributed by atoms with E-state index < -0.39 is 48.3 Å². The first kappa shape index (κ1) is 25.9. The average molecular weight is 438 g/mol. The van der Waals surface area contributed by atoms with Crippen molar-refractivity contribution in [3.05, 3.63) is 29.8 Å². The third-order valence-electron chi connectivity index (χ3n) is 4.57. The maximum Gasteiger partial charge on any atom is 0.326 e. The fraction of sp³-hybridized carbons (Fsp3) is 0.500. The monoisotopic (exact) mass is 438 g/mol. The molecule has 3 atom stereocenters. The molecule has 1 aromatic carbocycles. The van der Waals surface area contributed by atoms with Gasteiger partial charge in [-0.3, -0.25) is 14.4 Å². The van der Waals surface area contributed by atoms with Crippen LogP contribution in [0.2, 0.25) is 0 Å². The van der Waals surface area contributed by atoms with E-state index in [0.717, 1.165) is 0 Å². The first-order valence-corrected chi connectivity index (χ1v) is 9.93. The number of aliphatic carboxylic acids is 2. The highest BCUT2D eigenvalue weighted by atomic mass is 16.4. The second-order valence-corrected chi connectivity index (χ2v) is 7.15. The fourth-order valence-corrected chi connectivity index (χ4v) is 2.82. The van der Waals surface area contributed by atoms with Crippen LogP contribution in [0.5, 0.6) is 5.75 Å². The van der Waals surface area contributed by atoms with Crippen molar-refractivity contribution < 1.29 is 34.5 Å². The number of carbonyl (C=O) groups is 4. The smallest absolute Gasteiger partial charge is 0.326 e. The number of rotatable bonds is 14. The van der Waals surface area contributed by atoms with Gasteiger partial charge in [-0.2, -0.15) is 0 Å². The van der Waals surface area contributed by atoms with Gasteiger partial charge in [-0.15, -0.1) is 0 Å². The van der Waals surface area contributed by atoms with Crippen molar-refractivity contribution in [2.24, 2.45) is 11.5 Å². The highest BCUT2D eigenvalue weighted by molar-refractivity contribution is 5.91. The van der Waals surface area contributed by atoms with E-state index >= 15 is 0 Å². The molecule has 1 aromatic rings. The van der Waals surface area contributed by atoms with Crippen LogP contribution in [0, 0.1) is 0 Å². The van der Waals surface area contributed by atoms with E-state index in [0.29, 0.717) is 24.9 Å². The number of hydrogen-bond acceptors (Lipinski definition) is 7. The number of aromatic hydroxyl groups is 1. The molecule has 0 fully saturated rings. The van der Waals surface area contributed by atoms with Gasteiger partial charge in [0.2, 0.25) is 11.8 Å². The largest absolute Gasteiger partial charge is 0.508 e. The van der Waals surface area contributed by atoms with Gasteiger partial charge in [0.05, 0.1) is 6.04 Å². The van der Waals surface area contributed by atoms with Crippen molar-refractivity contribution in [2.75, 3.05) is 6.54 Å². The molecule has 3 unspecified atom stereocenters. The topological polar surface area (TPSA) is 205 Å². The summed E-state index contributed by atoms with van der Waals surface area (Å²) in [6.07, 6.45) is 0.764. The van der Waals surface area contributed by atoms with Crippen LogP contribution in [0.1, 0.15) is 37.7 Å². The summed E-state index contributed by atoms with van der Waals surface area (Å²) < 4.78 is 0. The average Bonchev–Trinajstić information content (AvgIpc) is 2.71. The summed E-state index contributed by atoms with van der Waals surface area (Å²) in [5.41, 5.74) is 12.1. The van der Waals surface area contributed by atoms with Gasteiger partial charge in [0.15, 0.2) is 0 Å². The van der Waals surface area contributed by atoms with Gasteiger partial charge in [-0.25, -0.2) is 4.79 Å². The van der Waals surface area contributed by atoms with Crippen LogP contribution < -0.4 is 22.1 Å². The molecule has 11 nitrogen and oxygen atoms in total.